The average Bonchev–Trinajstić information content (AvgIpc) is 2.33. The number of benzene rings is 2. The lowest BCUT2D eigenvalue weighted by molar-refractivity contribution is 0.198. The molecular formula is C16H17BrO2. The molecule has 0 fully saturated rings. The molecule has 0 saturated heterocycles. The fourth-order valence-electron chi connectivity index (χ4n) is 1.82. The van der Waals surface area contributed by atoms with Crippen LogP contribution in [0, 0.1) is 13.8 Å². The van der Waals surface area contributed by atoms with E-state index in [-0.39, 0.29) is 0 Å². The average molecular weight is 321 g/mol. The van der Waals surface area contributed by atoms with Crippen molar-refractivity contribution < 1.29 is 9.84 Å². The van der Waals surface area contributed by atoms with Crippen molar-refractivity contribution in [1.29, 1.82) is 0 Å². The zero-order valence-electron chi connectivity index (χ0n) is 11.3. The number of halogens is 1. The van der Waals surface area contributed by atoms with Gasteiger partial charge < -0.3 is 9.84 Å². The van der Waals surface area contributed by atoms with E-state index in [2.05, 4.69) is 29.8 Å². The van der Waals surface area contributed by atoms with E-state index in [4.69, 9.17) is 4.74 Å². The third kappa shape index (κ3) is 3.37. The fourth-order valence-corrected chi connectivity index (χ4v) is 2.51. The van der Waals surface area contributed by atoms with E-state index in [1.54, 1.807) is 6.92 Å². The lowest BCUT2D eigenvalue weighted by atomic mass is 10.1. The molecule has 1 N–H and O–H groups in total. The Morgan fingerprint density at radius 3 is 2.21 bits per heavy atom. The maximum Gasteiger partial charge on any atom is 0.128 e. The second-order valence-corrected chi connectivity index (χ2v) is 5.56. The highest BCUT2D eigenvalue weighted by atomic mass is 79.9. The first-order valence-electron chi connectivity index (χ1n) is 6.20. The van der Waals surface area contributed by atoms with E-state index in [1.807, 2.05) is 36.4 Å². The fraction of sp³-hybridized carbons (Fsp3) is 0.250. The first-order chi connectivity index (χ1) is 8.97. The summed E-state index contributed by atoms with van der Waals surface area (Å²) in [6.45, 7) is 5.88. The highest BCUT2D eigenvalue weighted by Crippen LogP contribution is 2.30. The van der Waals surface area contributed by atoms with Gasteiger partial charge in [0.15, 0.2) is 0 Å². The van der Waals surface area contributed by atoms with Gasteiger partial charge in [-0.1, -0.05) is 28.1 Å². The van der Waals surface area contributed by atoms with Gasteiger partial charge in [0.1, 0.15) is 11.5 Å². The van der Waals surface area contributed by atoms with Gasteiger partial charge in [-0.2, -0.15) is 0 Å². The SMILES string of the molecule is Cc1ccc(Oc2ccc(C(C)O)c(Br)c2)cc1C. The van der Waals surface area contributed by atoms with Crippen molar-refractivity contribution >= 4 is 15.9 Å². The predicted molar refractivity (Wildman–Crippen MR) is 80.8 cm³/mol. The zero-order chi connectivity index (χ0) is 14.0. The Balaban J connectivity index is 2.24. The number of aryl methyl sites for hydroxylation is 2. The molecule has 2 rings (SSSR count). The Morgan fingerprint density at radius 2 is 1.63 bits per heavy atom. The minimum absolute atomic E-state index is 0.495. The van der Waals surface area contributed by atoms with Gasteiger partial charge >= 0.3 is 0 Å². The van der Waals surface area contributed by atoms with Crippen molar-refractivity contribution in [2.24, 2.45) is 0 Å². The summed E-state index contributed by atoms with van der Waals surface area (Å²) in [7, 11) is 0. The highest BCUT2D eigenvalue weighted by molar-refractivity contribution is 9.10. The normalized spacial score (nSPS) is 12.3. The number of ether oxygens (including phenoxy) is 1. The minimum Gasteiger partial charge on any atom is -0.457 e. The lowest BCUT2D eigenvalue weighted by Crippen LogP contribution is -1.93. The van der Waals surface area contributed by atoms with Gasteiger partial charge in [0.25, 0.3) is 0 Å². The molecule has 0 radical (unpaired) electrons. The van der Waals surface area contributed by atoms with Crippen LogP contribution in [0.15, 0.2) is 40.9 Å². The first-order valence-corrected chi connectivity index (χ1v) is 6.99. The summed E-state index contributed by atoms with van der Waals surface area (Å²) < 4.78 is 6.67. The Kier molecular flexibility index (Phi) is 4.27. The standard InChI is InChI=1S/C16H17BrO2/c1-10-4-5-13(8-11(10)2)19-14-6-7-15(12(3)18)16(17)9-14/h4-9,12,18H,1-3H3. The van der Waals surface area contributed by atoms with Crippen LogP contribution in [0.2, 0.25) is 0 Å². The van der Waals surface area contributed by atoms with Gasteiger partial charge in [-0.05, 0) is 61.7 Å². The molecule has 0 aromatic heterocycles. The summed E-state index contributed by atoms with van der Waals surface area (Å²) in [5.41, 5.74) is 3.31. The van der Waals surface area contributed by atoms with Crippen LogP contribution < -0.4 is 4.74 Å². The summed E-state index contributed by atoms with van der Waals surface area (Å²) >= 11 is 3.45. The maximum atomic E-state index is 9.58. The van der Waals surface area contributed by atoms with Crippen LogP contribution in [-0.4, -0.2) is 5.11 Å². The van der Waals surface area contributed by atoms with Crippen LogP contribution in [0.25, 0.3) is 0 Å². The number of hydrogen-bond acceptors (Lipinski definition) is 2. The molecule has 2 aromatic carbocycles. The summed E-state index contributed by atoms with van der Waals surface area (Å²) in [5, 5.41) is 9.58. The largest absolute Gasteiger partial charge is 0.457 e. The molecule has 19 heavy (non-hydrogen) atoms. The minimum atomic E-state index is -0.495. The Hall–Kier alpha value is -1.32. The van der Waals surface area contributed by atoms with Crippen molar-refractivity contribution in [3.8, 4) is 11.5 Å². The Labute approximate surface area is 122 Å². The summed E-state index contributed by atoms with van der Waals surface area (Å²) in [4.78, 5) is 0. The molecule has 0 spiro atoms. The van der Waals surface area contributed by atoms with Crippen molar-refractivity contribution in [2.45, 2.75) is 26.9 Å². The van der Waals surface area contributed by atoms with E-state index in [1.165, 1.54) is 11.1 Å². The maximum absolute atomic E-state index is 9.58. The van der Waals surface area contributed by atoms with Gasteiger partial charge in [0.2, 0.25) is 0 Å². The summed E-state index contributed by atoms with van der Waals surface area (Å²) in [6.07, 6.45) is -0.495. The van der Waals surface area contributed by atoms with Crippen LogP contribution >= 0.6 is 15.9 Å². The van der Waals surface area contributed by atoms with Gasteiger partial charge in [-0.25, -0.2) is 0 Å². The molecule has 0 aliphatic heterocycles. The topological polar surface area (TPSA) is 29.5 Å². The van der Waals surface area contributed by atoms with E-state index in [0.29, 0.717) is 0 Å². The van der Waals surface area contributed by atoms with Crippen LogP contribution in [0.4, 0.5) is 0 Å². The predicted octanol–water partition coefficient (Wildman–Crippen LogP) is 4.91. The Morgan fingerprint density at radius 1 is 1.00 bits per heavy atom. The number of aliphatic hydroxyl groups excluding tert-OH is 1. The first kappa shape index (κ1) is 14.1. The van der Waals surface area contributed by atoms with E-state index in [0.717, 1.165) is 21.5 Å². The number of hydrogen-bond donors (Lipinski definition) is 1. The quantitative estimate of drug-likeness (QED) is 0.870. The molecule has 0 saturated carbocycles. The second-order valence-electron chi connectivity index (χ2n) is 4.71. The number of aliphatic hydroxyl groups is 1. The van der Waals surface area contributed by atoms with Gasteiger partial charge in [-0.15, -0.1) is 0 Å². The molecule has 0 bridgehead atoms. The third-order valence-corrected chi connectivity index (χ3v) is 3.82. The molecule has 3 heteroatoms. The van der Waals surface area contributed by atoms with Crippen molar-refractivity contribution in [1.82, 2.24) is 0 Å². The van der Waals surface area contributed by atoms with Crippen molar-refractivity contribution in [2.75, 3.05) is 0 Å². The smallest absolute Gasteiger partial charge is 0.128 e. The monoisotopic (exact) mass is 320 g/mol. The summed E-state index contributed by atoms with van der Waals surface area (Å²) in [6, 6.07) is 11.6. The third-order valence-electron chi connectivity index (χ3n) is 3.14. The molecular weight excluding hydrogens is 304 g/mol. The number of rotatable bonds is 3. The van der Waals surface area contributed by atoms with Crippen LogP contribution in [-0.2, 0) is 0 Å². The van der Waals surface area contributed by atoms with E-state index < -0.39 is 6.10 Å². The molecule has 0 amide bonds. The second kappa shape index (κ2) is 5.76. The molecule has 0 aliphatic rings. The zero-order valence-corrected chi connectivity index (χ0v) is 12.9. The van der Waals surface area contributed by atoms with Crippen LogP contribution in [0.3, 0.4) is 0 Å². The molecule has 1 atom stereocenters. The molecule has 2 aromatic rings. The molecule has 1 unspecified atom stereocenters. The van der Waals surface area contributed by atoms with Crippen LogP contribution in [0.5, 0.6) is 11.5 Å². The van der Waals surface area contributed by atoms with Gasteiger partial charge in [-0.3, -0.25) is 0 Å². The van der Waals surface area contributed by atoms with Crippen molar-refractivity contribution in [3.63, 3.8) is 0 Å². The molecule has 0 aliphatic carbocycles. The Bertz CT molecular complexity index is 591. The van der Waals surface area contributed by atoms with Crippen molar-refractivity contribution in [3.05, 3.63) is 57.6 Å². The molecule has 2 nitrogen and oxygen atoms in total. The van der Waals surface area contributed by atoms with E-state index >= 15 is 0 Å². The van der Waals surface area contributed by atoms with Crippen LogP contribution in [0.1, 0.15) is 29.7 Å². The van der Waals surface area contributed by atoms with Gasteiger partial charge in [0, 0.05) is 4.47 Å². The highest BCUT2D eigenvalue weighted by Gasteiger charge is 2.08. The summed E-state index contributed by atoms with van der Waals surface area (Å²) in [5.74, 6) is 1.57. The van der Waals surface area contributed by atoms with E-state index in [9.17, 15) is 5.11 Å². The molecule has 0 heterocycles. The van der Waals surface area contributed by atoms with Gasteiger partial charge in [0.05, 0.1) is 6.10 Å². The molecule has 100 valence electrons. The lowest BCUT2D eigenvalue weighted by Gasteiger charge is -2.11.